The molecule has 0 radical (unpaired) electrons. The van der Waals surface area contributed by atoms with Gasteiger partial charge in [-0.2, -0.15) is 4.37 Å². The second-order valence-electron chi connectivity index (χ2n) is 6.90. The molecule has 4 rings (SSSR count). The van der Waals surface area contributed by atoms with E-state index in [4.69, 9.17) is 5.11 Å². The van der Waals surface area contributed by atoms with Crippen molar-refractivity contribution in [2.45, 2.75) is 33.2 Å². The van der Waals surface area contributed by atoms with E-state index in [9.17, 15) is 0 Å². The third kappa shape index (κ3) is 4.31. The fourth-order valence-electron chi connectivity index (χ4n) is 3.19. The monoisotopic (exact) mass is 411 g/mol. The summed E-state index contributed by atoms with van der Waals surface area (Å²) in [7, 11) is 0. The molecule has 152 valence electrons. The number of fused-ring (bicyclic) bond motifs is 1. The molecule has 0 spiro atoms. The van der Waals surface area contributed by atoms with Crippen molar-refractivity contribution in [3.8, 4) is 11.3 Å². The summed E-state index contributed by atoms with van der Waals surface area (Å²) in [5.74, 6) is 0.714. The minimum atomic E-state index is 0.195. The standard InChI is InChI=1S/C20H25N7OS/c1-3-15-7-14(9-22-15)17-11-23-20-19(24-13(2)12-27(17)20)25-18-8-16(26-29-18)10-21-5-4-6-28/h7-9,11-12,21-22,28H,3-6,10H2,1-2H3,(H,24,25). The fourth-order valence-corrected chi connectivity index (χ4v) is 3.85. The van der Waals surface area contributed by atoms with Crippen molar-refractivity contribution in [3.05, 3.63) is 47.8 Å². The molecule has 4 N–H and O–H groups in total. The predicted molar refractivity (Wildman–Crippen MR) is 116 cm³/mol. The van der Waals surface area contributed by atoms with E-state index in [0.29, 0.717) is 12.4 Å². The van der Waals surface area contributed by atoms with Gasteiger partial charge in [0, 0.05) is 36.8 Å². The number of aliphatic hydroxyl groups is 1. The highest BCUT2D eigenvalue weighted by Gasteiger charge is 2.14. The number of hydrogen-bond donors (Lipinski definition) is 4. The van der Waals surface area contributed by atoms with Gasteiger partial charge in [0.05, 0.1) is 23.3 Å². The maximum Gasteiger partial charge on any atom is 0.180 e. The Kier molecular flexibility index (Phi) is 5.89. The molecule has 0 unspecified atom stereocenters. The first kappa shape index (κ1) is 19.6. The summed E-state index contributed by atoms with van der Waals surface area (Å²) in [6.07, 6.45) is 7.61. The number of anilines is 2. The molecule has 0 aromatic carbocycles. The maximum atomic E-state index is 8.85. The van der Waals surface area contributed by atoms with Crippen molar-refractivity contribution in [2.24, 2.45) is 0 Å². The molecule has 0 saturated carbocycles. The molecule has 0 saturated heterocycles. The lowest BCUT2D eigenvalue weighted by atomic mass is 10.2. The van der Waals surface area contributed by atoms with Crippen LogP contribution < -0.4 is 10.6 Å². The number of hydrogen-bond acceptors (Lipinski definition) is 7. The summed E-state index contributed by atoms with van der Waals surface area (Å²) in [4.78, 5) is 12.6. The second kappa shape index (κ2) is 8.73. The van der Waals surface area contributed by atoms with Gasteiger partial charge < -0.3 is 20.7 Å². The fraction of sp³-hybridized carbons (Fsp3) is 0.350. The molecule has 4 aromatic rings. The van der Waals surface area contributed by atoms with Gasteiger partial charge in [0.15, 0.2) is 11.5 Å². The van der Waals surface area contributed by atoms with Gasteiger partial charge in [-0.05, 0) is 50.0 Å². The Bertz CT molecular complexity index is 1100. The van der Waals surface area contributed by atoms with Crippen LogP contribution in [-0.2, 0) is 13.0 Å². The highest BCUT2D eigenvalue weighted by atomic mass is 32.1. The van der Waals surface area contributed by atoms with Gasteiger partial charge in [0.25, 0.3) is 0 Å². The van der Waals surface area contributed by atoms with E-state index in [1.807, 2.05) is 31.6 Å². The number of aromatic nitrogens is 5. The molecule has 4 heterocycles. The number of aliphatic hydroxyl groups excluding tert-OH is 1. The Hall–Kier alpha value is -2.75. The molecule has 0 amide bonds. The predicted octanol–water partition coefficient (Wildman–Crippen LogP) is 3.27. The van der Waals surface area contributed by atoms with Gasteiger partial charge in [-0.25, -0.2) is 9.97 Å². The summed E-state index contributed by atoms with van der Waals surface area (Å²) in [6, 6.07) is 4.17. The Morgan fingerprint density at radius 1 is 1.31 bits per heavy atom. The van der Waals surface area contributed by atoms with Crippen molar-refractivity contribution in [3.63, 3.8) is 0 Å². The quantitative estimate of drug-likeness (QED) is 0.315. The van der Waals surface area contributed by atoms with Crippen molar-refractivity contribution >= 4 is 28.0 Å². The second-order valence-corrected chi connectivity index (χ2v) is 7.70. The first-order valence-electron chi connectivity index (χ1n) is 9.74. The molecule has 29 heavy (non-hydrogen) atoms. The lowest BCUT2D eigenvalue weighted by Gasteiger charge is -2.07. The summed E-state index contributed by atoms with van der Waals surface area (Å²) >= 11 is 1.40. The summed E-state index contributed by atoms with van der Waals surface area (Å²) in [5.41, 5.74) is 5.98. The van der Waals surface area contributed by atoms with Crippen LogP contribution in [0.2, 0.25) is 0 Å². The lowest BCUT2D eigenvalue weighted by molar-refractivity contribution is 0.286. The van der Waals surface area contributed by atoms with Crippen molar-refractivity contribution in [1.82, 2.24) is 29.0 Å². The Morgan fingerprint density at radius 2 is 2.21 bits per heavy atom. The van der Waals surface area contributed by atoms with Gasteiger partial charge in [-0.15, -0.1) is 0 Å². The Balaban J connectivity index is 1.57. The number of nitrogens with zero attached hydrogens (tertiary/aromatic N) is 4. The molecule has 9 heteroatoms. The SMILES string of the molecule is CCc1cc(-c2cnc3c(Nc4cc(CNCCCO)ns4)nc(C)cn23)c[nH]1. The highest BCUT2D eigenvalue weighted by molar-refractivity contribution is 7.10. The smallest absolute Gasteiger partial charge is 0.180 e. The summed E-state index contributed by atoms with van der Waals surface area (Å²) < 4.78 is 6.55. The van der Waals surface area contributed by atoms with Crippen LogP contribution in [0, 0.1) is 6.92 Å². The zero-order chi connectivity index (χ0) is 20.2. The first-order chi connectivity index (χ1) is 14.2. The molecule has 0 aliphatic carbocycles. The van der Waals surface area contributed by atoms with E-state index in [0.717, 1.165) is 52.7 Å². The Labute approximate surface area is 173 Å². The third-order valence-corrected chi connectivity index (χ3v) is 5.39. The van der Waals surface area contributed by atoms with E-state index in [-0.39, 0.29) is 6.61 Å². The lowest BCUT2D eigenvalue weighted by Crippen LogP contribution is -2.15. The van der Waals surface area contributed by atoms with Gasteiger partial charge >= 0.3 is 0 Å². The average Bonchev–Trinajstić information content (AvgIpc) is 3.44. The molecule has 0 atom stereocenters. The normalized spacial score (nSPS) is 11.4. The number of H-pyrrole nitrogens is 1. The molecular formula is C20H25N7OS. The number of imidazole rings is 1. The minimum Gasteiger partial charge on any atom is -0.396 e. The average molecular weight is 412 g/mol. The van der Waals surface area contributed by atoms with Crippen LogP contribution in [0.1, 0.15) is 30.4 Å². The minimum absolute atomic E-state index is 0.195. The van der Waals surface area contributed by atoms with Crippen molar-refractivity contribution in [2.75, 3.05) is 18.5 Å². The zero-order valence-electron chi connectivity index (χ0n) is 16.6. The molecule has 0 fully saturated rings. The number of aromatic amines is 1. The topological polar surface area (TPSA) is 103 Å². The van der Waals surface area contributed by atoms with Crippen LogP contribution in [0.3, 0.4) is 0 Å². The van der Waals surface area contributed by atoms with Crippen LogP contribution in [-0.4, -0.2) is 42.0 Å². The van der Waals surface area contributed by atoms with Crippen molar-refractivity contribution < 1.29 is 5.11 Å². The van der Waals surface area contributed by atoms with Crippen LogP contribution in [0.4, 0.5) is 10.8 Å². The molecule has 8 nitrogen and oxygen atoms in total. The molecule has 4 aromatic heterocycles. The van der Waals surface area contributed by atoms with E-state index >= 15 is 0 Å². The third-order valence-electron chi connectivity index (χ3n) is 4.65. The van der Waals surface area contributed by atoms with Gasteiger partial charge in [0.2, 0.25) is 0 Å². The largest absolute Gasteiger partial charge is 0.396 e. The molecule has 0 aliphatic heterocycles. The number of rotatable bonds is 9. The highest BCUT2D eigenvalue weighted by Crippen LogP contribution is 2.28. The van der Waals surface area contributed by atoms with E-state index in [1.165, 1.54) is 17.2 Å². The van der Waals surface area contributed by atoms with Gasteiger partial charge in [-0.3, -0.25) is 4.40 Å². The maximum absolute atomic E-state index is 8.85. The van der Waals surface area contributed by atoms with E-state index in [1.54, 1.807) is 0 Å². The van der Waals surface area contributed by atoms with Gasteiger partial charge in [0.1, 0.15) is 5.00 Å². The van der Waals surface area contributed by atoms with Crippen LogP contribution >= 0.6 is 11.5 Å². The summed E-state index contributed by atoms with van der Waals surface area (Å²) in [5, 5.41) is 16.4. The van der Waals surface area contributed by atoms with Crippen LogP contribution in [0.15, 0.2) is 30.7 Å². The van der Waals surface area contributed by atoms with Gasteiger partial charge in [-0.1, -0.05) is 6.92 Å². The molecule has 0 aliphatic rings. The Morgan fingerprint density at radius 3 is 3.00 bits per heavy atom. The van der Waals surface area contributed by atoms with Crippen LogP contribution in [0.5, 0.6) is 0 Å². The summed E-state index contributed by atoms with van der Waals surface area (Å²) in [6.45, 7) is 5.75. The van der Waals surface area contributed by atoms with E-state index in [2.05, 4.69) is 47.3 Å². The van der Waals surface area contributed by atoms with E-state index < -0.39 is 0 Å². The zero-order valence-corrected chi connectivity index (χ0v) is 17.4. The van der Waals surface area contributed by atoms with Crippen molar-refractivity contribution in [1.29, 1.82) is 0 Å². The molecule has 0 bridgehead atoms. The number of aryl methyl sites for hydroxylation is 2. The molecular weight excluding hydrogens is 386 g/mol. The van der Waals surface area contributed by atoms with Crippen LogP contribution in [0.25, 0.3) is 16.9 Å². The number of nitrogens with one attached hydrogen (secondary N) is 3. The first-order valence-corrected chi connectivity index (χ1v) is 10.5.